The van der Waals surface area contributed by atoms with E-state index in [1.807, 2.05) is 29.2 Å². The van der Waals surface area contributed by atoms with Crippen LogP contribution >= 0.6 is 0 Å². The zero-order valence-electron chi connectivity index (χ0n) is 21.7. The van der Waals surface area contributed by atoms with Crippen molar-refractivity contribution in [3.63, 3.8) is 0 Å². The van der Waals surface area contributed by atoms with E-state index in [0.717, 1.165) is 34.0 Å². The predicted molar refractivity (Wildman–Crippen MR) is 136 cm³/mol. The number of carbonyl (C=O) groups is 1. The third-order valence-corrected chi connectivity index (χ3v) is 7.03. The highest BCUT2D eigenvalue weighted by atomic mass is 16.5. The van der Waals surface area contributed by atoms with E-state index >= 15 is 0 Å². The number of hydrogen-bond acceptors (Lipinski definition) is 6. The minimum atomic E-state index is -0.315. The molecule has 0 N–H and O–H groups in total. The third kappa shape index (κ3) is 5.13. The number of rotatable bonds is 5. The van der Waals surface area contributed by atoms with Gasteiger partial charge in [0.05, 0.1) is 37.0 Å². The molecule has 3 heterocycles. The third-order valence-electron chi connectivity index (χ3n) is 7.03. The number of nitrogens with zero attached hydrogens (tertiary/aromatic N) is 4. The molecule has 1 amide bonds. The number of methoxy groups -OCH3 is 1. The SMILES string of the molecule is COc1cccc(CC(=O)N2CCN(c3nc(C(C)C)c4c(c3C#N)CC(C)(C)OC4)C[C@H]2C)c1. The summed E-state index contributed by atoms with van der Waals surface area (Å²) in [5.74, 6) is 1.83. The molecule has 4 rings (SSSR count). The van der Waals surface area contributed by atoms with Gasteiger partial charge in [-0.15, -0.1) is 0 Å². The zero-order chi connectivity index (χ0) is 25.3. The van der Waals surface area contributed by atoms with Crippen molar-refractivity contribution in [2.75, 3.05) is 31.6 Å². The van der Waals surface area contributed by atoms with Crippen molar-refractivity contribution in [2.24, 2.45) is 0 Å². The fourth-order valence-corrected chi connectivity index (χ4v) is 5.18. The van der Waals surface area contributed by atoms with Crippen molar-refractivity contribution in [1.29, 1.82) is 5.26 Å². The molecule has 2 aliphatic heterocycles. The first kappa shape index (κ1) is 25.0. The van der Waals surface area contributed by atoms with E-state index < -0.39 is 0 Å². The van der Waals surface area contributed by atoms with Crippen LogP contribution in [0.4, 0.5) is 5.82 Å². The molecule has 35 heavy (non-hydrogen) atoms. The molecule has 1 atom stereocenters. The lowest BCUT2D eigenvalue weighted by Crippen LogP contribution is -2.55. The van der Waals surface area contributed by atoms with Gasteiger partial charge in [0.25, 0.3) is 0 Å². The Morgan fingerprint density at radius 3 is 2.74 bits per heavy atom. The van der Waals surface area contributed by atoms with Gasteiger partial charge in [-0.25, -0.2) is 4.98 Å². The van der Waals surface area contributed by atoms with Crippen LogP contribution < -0.4 is 9.64 Å². The molecule has 7 nitrogen and oxygen atoms in total. The summed E-state index contributed by atoms with van der Waals surface area (Å²) >= 11 is 0. The number of anilines is 1. The Balaban J connectivity index is 1.58. The smallest absolute Gasteiger partial charge is 0.227 e. The lowest BCUT2D eigenvalue weighted by Gasteiger charge is -2.42. The Kier molecular flexibility index (Phi) is 7.05. The van der Waals surface area contributed by atoms with Gasteiger partial charge in [-0.3, -0.25) is 4.79 Å². The highest BCUT2D eigenvalue weighted by molar-refractivity contribution is 5.79. The topological polar surface area (TPSA) is 78.7 Å². The Morgan fingerprint density at radius 1 is 1.31 bits per heavy atom. The number of piperazine rings is 1. The molecular weight excluding hydrogens is 440 g/mol. The predicted octanol–water partition coefficient (Wildman–Crippen LogP) is 4.22. The van der Waals surface area contributed by atoms with Crippen molar-refractivity contribution >= 4 is 11.7 Å². The van der Waals surface area contributed by atoms with Gasteiger partial charge in [0, 0.05) is 37.7 Å². The number of benzene rings is 1. The molecule has 1 aromatic carbocycles. The zero-order valence-corrected chi connectivity index (χ0v) is 21.7. The van der Waals surface area contributed by atoms with E-state index in [4.69, 9.17) is 14.5 Å². The second-order valence-corrected chi connectivity index (χ2v) is 10.6. The molecule has 2 aromatic rings. The second-order valence-electron chi connectivity index (χ2n) is 10.6. The molecule has 0 aliphatic carbocycles. The maximum absolute atomic E-state index is 13.1. The minimum Gasteiger partial charge on any atom is -0.497 e. The summed E-state index contributed by atoms with van der Waals surface area (Å²) in [6.45, 7) is 12.8. The van der Waals surface area contributed by atoms with Gasteiger partial charge < -0.3 is 19.3 Å². The quantitative estimate of drug-likeness (QED) is 0.643. The molecule has 2 aliphatic rings. The first-order valence-electron chi connectivity index (χ1n) is 12.4. The molecule has 0 saturated carbocycles. The molecule has 1 aromatic heterocycles. The summed E-state index contributed by atoms with van der Waals surface area (Å²) in [4.78, 5) is 22.3. The van der Waals surface area contributed by atoms with Gasteiger partial charge in [-0.2, -0.15) is 5.26 Å². The van der Waals surface area contributed by atoms with Crippen LogP contribution in [-0.4, -0.2) is 54.2 Å². The van der Waals surface area contributed by atoms with Crippen LogP contribution in [0.15, 0.2) is 24.3 Å². The standard InChI is InChI=1S/C28H36N4O3/c1-18(2)26-24-17-35-28(4,5)14-22(24)23(15-29)27(30-26)31-10-11-32(19(3)16-31)25(33)13-20-8-7-9-21(12-20)34-6/h7-9,12,18-19H,10-11,13-14,16-17H2,1-6H3/t19-/m1/s1. The largest absolute Gasteiger partial charge is 0.497 e. The Morgan fingerprint density at radius 2 is 2.09 bits per heavy atom. The molecule has 1 saturated heterocycles. The van der Waals surface area contributed by atoms with Crippen LogP contribution in [0.1, 0.15) is 68.5 Å². The van der Waals surface area contributed by atoms with Crippen LogP contribution in [0.5, 0.6) is 5.75 Å². The summed E-state index contributed by atoms with van der Waals surface area (Å²) in [6, 6.07) is 10.1. The number of fused-ring (bicyclic) bond motifs is 1. The van der Waals surface area contributed by atoms with Crippen LogP contribution in [-0.2, 0) is 29.0 Å². The Bertz CT molecular complexity index is 1150. The monoisotopic (exact) mass is 476 g/mol. The van der Waals surface area contributed by atoms with E-state index in [0.29, 0.717) is 44.6 Å². The van der Waals surface area contributed by atoms with Crippen molar-refractivity contribution < 1.29 is 14.3 Å². The second kappa shape index (κ2) is 9.87. The van der Waals surface area contributed by atoms with E-state index in [9.17, 15) is 10.1 Å². The summed E-state index contributed by atoms with van der Waals surface area (Å²) in [5.41, 5.74) is 4.43. The highest BCUT2D eigenvalue weighted by Gasteiger charge is 2.35. The number of carbonyl (C=O) groups excluding carboxylic acids is 1. The minimum absolute atomic E-state index is 0.00788. The van der Waals surface area contributed by atoms with Crippen molar-refractivity contribution in [3.8, 4) is 11.8 Å². The average Bonchev–Trinajstić information content (AvgIpc) is 2.82. The Labute approximate surface area is 208 Å². The molecule has 0 spiro atoms. The van der Waals surface area contributed by atoms with E-state index in [1.165, 1.54) is 0 Å². The van der Waals surface area contributed by atoms with Crippen molar-refractivity contribution in [2.45, 2.75) is 71.6 Å². The number of ether oxygens (including phenoxy) is 2. The summed E-state index contributed by atoms with van der Waals surface area (Å²) < 4.78 is 11.4. The fraction of sp³-hybridized carbons (Fsp3) is 0.536. The molecule has 0 bridgehead atoms. The highest BCUT2D eigenvalue weighted by Crippen LogP contribution is 2.38. The molecule has 186 valence electrons. The maximum Gasteiger partial charge on any atom is 0.227 e. The molecule has 7 heteroatoms. The van der Waals surface area contributed by atoms with Crippen LogP contribution in [0.3, 0.4) is 0 Å². The van der Waals surface area contributed by atoms with E-state index in [2.05, 4.69) is 45.6 Å². The van der Waals surface area contributed by atoms with Gasteiger partial charge in [0.2, 0.25) is 5.91 Å². The van der Waals surface area contributed by atoms with Crippen LogP contribution in [0.25, 0.3) is 0 Å². The Hall–Kier alpha value is -3.11. The lowest BCUT2D eigenvalue weighted by atomic mass is 9.86. The van der Waals surface area contributed by atoms with Crippen molar-refractivity contribution in [3.05, 3.63) is 52.2 Å². The van der Waals surface area contributed by atoms with Gasteiger partial charge in [-0.05, 0) is 49.9 Å². The fourth-order valence-electron chi connectivity index (χ4n) is 5.18. The van der Waals surface area contributed by atoms with Gasteiger partial charge >= 0.3 is 0 Å². The molecule has 0 radical (unpaired) electrons. The summed E-state index contributed by atoms with van der Waals surface area (Å²) in [6.07, 6.45) is 1.03. The van der Waals surface area contributed by atoms with Gasteiger partial charge in [-0.1, -0.05) is 26.0 Å². The number of aromatic nitrogens is 1. The molecule has 1 fully saturated rings. The summed E-state index contributed by atoms with van der Waals surface area (Å²) in [5, 5.41) is 10.2. The number of nitriles is 1. The number of hydrogen-bond donors (Lipinski definition) is 0. The van der Waals surface area contributed by atoms with Crippen molar-refractivity contribution in [1.82, 2.24) is 9.88 Å². The van der Waals surface area contributed by atoms with Gasteiger partial charge in [0.15, 0.2) is 0 Å². The van der Waals surface area contributed by atoms with Crippen LogP contribution in [0, 0.1) is 11.3 Å². The molecular formula is C28H36N4O3. The first-order valence-corrected chi connectivity index (χ1v) is 12.4. The van der Waals surface area contributed by atoms with E-state index in [-0.39, 0.29) is 23.5 Å². The average molecular weight is 477 g/mol. The number of amides is 1. The van der Waals surface area contributed by atoms with Crippen LogP contribution in [0.2, 0.25) is 0 Å². The van der Waals surface area contributed by atoms with Gasteiger partial charge in [0.1, 0.15) is 17.6 Å². The first-order chi connectivity index (χ1) is 16.6. The lowest BCUT2D eigenvalue weighted by molar-refractivity contribution is -0.132. The normalized spacial score (nSPS) is 19.3. The molecule has 0 unspecified atom stereocenters. The van der Waals surface area contributed by atoms with E-state index in [1.54, 1.807) is 7.11 Å². The maximum atomic E-state index is 13.1. The summed E-state index contributed by atoms with van der Waals surface area (Å²) in [7, 11) is 1.63. The number of pyridine rings is 1.